The first-order chi connectivity index (χ1) is 8.70. The van der Waals surface area contributed by atoms with Gasteiger partial charge in [0.2, 0.25) is 0 Å². The van der Waals surface area contributed by atoms with Crippen LogP contribution < -0.4 is 0 Å². The number of hydrogen-bond donors (Lipinski definition) is 1. The summed E-state index contributed by atoms with van der Waals surface area (Å²) in [6, 6.07) is -0.375. The second-order valence-corrected chi connectivity index (χ2v) is 6.04. The van der Waals surface area contributed by atoms with Gasteiger partial charge in [-0.05, 0) is 34.1 Å². The van der Waals surface area contributed by atoms with Crippen LogP contribution in [0.15, 0.2) is 12.2 Å². The highest BCUT2D eigenvalue weighted by molar-refractivity contribution is 5.68. The molecule has 0 bridgehead atoms. The van der Waals surface area contributed by atoms with E-state index in [0.717, 1.165) is 5.57 Å². The minimum atomic E-state index is -0.676. The minimum Gasteiger partial charge on any atom is -0.444 e. The van der Waals surface area contributed by atoms with E-state index in [1.807, 2.05) is 27.7 Å². The maximum atomic E-state index is 12.1. The second kappa shape index (κ2) is 6.39. The zero-order valence-electron chi connectivity index (χ0n) is 12.3. The number of nitrogens with zero attached hydrogens (tertiary/aromatic N) is 1. The van der Waals surface area contributed by atoms with Crippen LogP contribution in [0.25, 0.3) is 0 Å². The topological polar surface area (TPSA) is 59.0 Å². The van der Waals surface area contributed by atoms with Crippen LogP contribution in [0.2, 0.25) is 0 Å². The molecule has 0 saturated carbocycles. The summed E-state index contributed by atoms with van der Waals surface area (Å²) >= 11 is 0. The Kier molecular flexibility index (Phi) is 5.38. The summed E-state index contributed by atoms with van der Waals surface area (Å²) in [5.74, 6) is 0. The first-order valence-electron chi connectivity index (χ1n) is 6.60. The number of morpholine rings is 1. The van der Waals surface area contributed by atoms with Gasteiger partial charge in [0, 0.05) is 6.54 Å². The lowest BCUT2D eigenvalue weighted by Crippen LogP contribution is -2.55. The molecule has 1 heterocycles. The van der Waals surface area contributed by atoms with Crippen molar-refractivity contribution in [2.24, 2.45) is 0 Å². The van der Waals surface area contributed by atoms with Crippen molar-refractivity contribution in [2.75, 3.05) is 19.8 Å². The van der Waals surface area contributed by atoms with E-state index in [9.17, 15) is 9.90 Å². The van der Waals surface area contributed by atoms with E-state index < -0.39 is 17.8 Å². The van der Waals surface area contributed by atoms with E-state index in [4.69, 9.17) is 9.47 Å². The zero-order chi connectivity index (χ0) is 14.6. The Morgan fingerprint density at radius 2 is 2.21 bits per heavy atom. The van der Waals surface area contributed by atoms with Gasteiger partial charge < -0.3 is 14.6 Å². The van der Waals surface area contributed by atoms with Crippen LogP contribution >= 0.6 is 0 Å². The molecule has 2 unspecified atom stereocenters. The molecule has 1 fully saturated rings. The lowest BCUT2D eigenvalue weighted by atomic mass is 10.0. The summed E-state index contributed by atoms with van der Waals surface area (Å²) in [5, 5.41) is 10.2. The second-order valence-electron chi connectivity index (χ2n) is 6.04. The molecule has 0 aromatic carbocycles. The van der Waals surface area contributed by atoms with E-state index in [1.54, 1.807) is 4.90 Å². The molecule has 2 atom stereocenters. The first-order valence-corrected chi connectivity index (χ1v) is 6.60. The third-order valence-corrected chi connectivity index (χ3v) is 2.80. The number of aliphatic hydroxyl groups excluding tert-OH is 1. The molecule has 1 amide bonds. The number of ether oxygens (including phenoxy) is 2. The van der Waals surface area contributed by atoms with Crippen LogP contribution in [0.4, 0.5) is 4.79 Å². The van der Waals surface area contributed by atoms with Crippen LogP contribution in [-0.4, -0.2) is 53.6 Å². The SMILES string of the molecule is C=C(C)CC(O)C1COCCN1C(=O)OC(C)(C)C. The van der Waals surface area contributed by atoms with E-state index in [-0.39, 0.29) is 6.04 Å². The van der Waals surface area contributed by atoms with Gasteiger partial charge in [0.1, 0.15) is 5.60 Å². The van der Waals surface area contributed by atoms with Crippen molar-refractivity contribution >= 4 is 6.09 Å². The summed E-state index contributed by atoms with van der Waals surface area (Å²) in [7, 11) is 0. The minimum absolute atomic E-state index is 0.327. The summed E-state index contributed by atoms with van der Waals surface area (Å²) in [6.07, 6.45) is -0.625. The van der Waals surface area contributed by atoms with E-state index in [0.29, 0.717) is 26.2 Å². The van der Waals surface area contributed by atoms with Crippen molar-refractivity contribution in [1.29, 1.82) is 0 Å². The van der Waals surface area contributed by atoms with Gasteiger partial charge in [-0.1, -0.05) is 5.57 Å². The molecule has 1 N–H and O–H groups in total. The molecule has 5 nitrogen and oxygen atoms in total. The maximum Gasteiger partial charge on any atom is 0.410 e. The lowest BCUT2D eigenvalue weighted by Gasteiger charge is -2.38. The Hall–Kier alpha value is -1.07. The summed E-state index contributed by atoms with van der Waals surface area (Å²) in [4.78, 5) is 13.7. The highest BCUT2D eigenvalue weighted by Crippen LogP contribution is 2.19. The van der Waals surface area contributed by atoms with Crippen LogP contribution in [0.5, 0.6) is 0 Å². The normalized spacial score (nSPS) is 21.9. The average molecular weight is 271 g/mol. The van der Waals surface area contributed by atoms with E-state index >= 15 is 0 Å². The van der Waals surface area contributed by atoms with Gasteiger partial charge in [-0.2, -0.15) is 0 Å². The number of rotatable bonds is 3. The number of amides is 1. The number of carbonyl (C=O) groups is 1. The Morgan fingerprint density at radius 3 is 2.74 bits per heavy atom. The molecule has 19 heavy (non-hydrogen) atoms. The van der Waals surface area contributed by atoms with Crippen LogP contribution in [0, 0.1) is 0 Å². The average Bonchev–Trinajstić information content (AvgIpc) is 2.25. The largest absolute Gasteiger partial charge is 0.444 e. The van der Waals surface area contributed by atoms with Gasteiger partial charge in [-0.15, -0.1) is 6.58 Å². The number of aliphatic hydroxyl groups is 1. The Bertz CT molecular complexity index is 335. The molecule has 0 aliphatic carbocycles. The predicted octanol–water partition coefficient (Wildman–Crippen LogP) is 1.95. The van der Waals surface area contributed by atoms with Crippen molar-refractivity contribution < 1.29 is 19.4 Å². The van der Waals surface area contributed by atoms with Gasteiger partial charge in [0.25, 0.3) is 0 Å². The first kappa shape index (κ1) is 16.0. The fraction of sp³-hybridized carbons (Fsp3) is 0.786. The maximum absolute atomic E-state index is 12.1. The highest BCUT2D eigenvalue weighted by Gasteiger charge is 2.35. The molecule has 1 aliphatic rings. The summed E-state index contributed by atoms with van der Waals surface area (Å²) in [5.41, 5.74) is 0.335. The van der Waals surface area contributed by atoms with Gasteiger partial charge in [-0.25, -0.2) is 4.79 Å². The smallest absolute Gasteiger partial charge is 0.410 e. The Balaban J connectivity index is 2.71. The lowest BCUT2D eigenvalue weighted by molar-refractivity contribution is -0.0659. The van der Waals surface area contributed by atoms with Crippen molar-refractivity contribution in [3.8, 4) is 0 Å². The Labute approximate surface area is 115 Å². The van der Waals surface area contributed by atoms with Crippen LogP contribution in [0.3, 0.4) is 0 Å². The molecule has 0 aromatic rings. The van der Waals surface area contributed by atoms with Crippen LogP contribution in [0.1, 0.15) is 34.1 Å². The highest BCUT2D eigenvalue weighted by atomic mass is 16.6. The monoisotopic (exact) mass is 271 g/mol. The standard InChI is InChI=1S/C14H25NO4/c1-10(2)8-12(16)11-9-18-7-6-15(11)13(17)19-14(3,4)5/h11-12,16H,1,6-9H2,2-5H3. The number of carbonyl (C=O) groups excluding carboxylic acids is 1. The van der Waals surface area contributed by atoms with Crippen molar-refractivity contribution in [3.63, 3.8) is 0 Å². The van der Waals surface area contributed by atoms with E-state index in [2.05, 4.69) is 6.58 Å². The van der Waals surface area contributed by atoms with Gasteiger partial charge in [0.05, 0.1) is 25.4 Å². The third-order valence-electron chi connectivity index (χ3n) is 2.80. The molecular formula is C14H25NO4. The number of hydrogen-bond acceptors (Lipinski definition) is 4. The summed E-state index contributed by atoms with van der Waals surface area (Å²) < 4.78 is 10.7. The van der Waals surface area contributed by atoms with Crippen molar-refractivity contribution in [3.05, 3.63) is 12.2 Å². The quantitative estimate of drug-likeness (QED) is 0.797. The molecule has 1 saturated heterocycles. The molecule has 5 heteroatoms. The van der Waals surface area contributed by atoms with Crippen molar-refractivity contribution in [1.82, 2.24) is 4.90 Å². The Morgan fingerprint density at radius 1 is 1.58 bits per heavy atom. The predicted molar refractivity (Wildman–Crippen MR) is 73.0 cm³/mol. The van der Waals surface area contributed by atoms with Gasteiger partial charge >= 0.3 is 6.09 Å². The van der Waals surface area contributed by atoms with Crippen LogP contribution in [-0.2, 0) is 9.47 Å². The van der Waals surface area contributed by atoms with Gasteiger partial charge in [0.15, 0.2) is 0 Å². The molecule has 1 aliphatic heterocycles. The molecule has 0 aromatic heterocycles. The third kappa shape index (κ3) is 5.20. The van der Waals surface area contributed by atoms with Gasteiger partial charge in [-0.3, -0.25) is 4.90 Å². The van der Waals surface area contributed by atoms with Crippen molar-refractivity contribution in [2.45, 2.75) is 51.9 Å². The molecule has 1 rings (SSSR count). The molecule has 110 valence electrons. The molecular weight excluding hydrogens is 246 g/mol. The molecule has 0 spiro atoms. The molecule has 0 radical (unpaired) electrons. The van der Waals surface area contributed by atoms with E-state index in [1.165, 1.54) is 0 Å². The fourth-order valence-corrected chi connectivity index (χ4v) is 1.98. The zero-order valence-corrected chi connectivity index (χ0v) is 12.3. The fourth-order valence-electron chi connectivity index (χ4n) is 1.98. The summed E-state index contributed by atoms with van der Waals surface area (Å²) in [6.45, 7) is 12.3.